The van der Waals surface area contributed by atoms with E-state index < -0.39 is 5.97 Å². The highest BCUT2D eigenvalue weighted by Gasteiger charge is 2.12. The van der Waals surface area contributed by atoms with Gasteiger partial charge in [0.15, 0.2) is 18.1 Å². The van der Waals surface area contributed by atoms with E-state index in [0.29, 0.717) is 34.5 Å². The van der Waals surface area contributed by atoms with Gasteiger partial charge >= 0.3 is 5.97 Å². The van der Waals surface area contributed by atoms with Crippen LogP contribution in [-0.4, -0.2) is 29.8 Å². The van der Waals surface area contributed by atoms with Crippen molar-refractivity contribution in [3.8, 4) is 22.9 Å². The molecule has 0 unspecified atom stereocenters. The fraction of sp³-hybridized carbons (Fsp3) is 0.190. The van der Waals surface area contributed by atoms with Crippen LogP contribution < -0.4 is 9.47 Å². The van der Waals surface area contributed by atoms with Crippen molar-refractivity contribution in [3.63, 3.8) is 0 Å². The number of halogens is 1. The van der Waals surface area contributed by atoms with Gasteiger partial charge in [0.1, 0.15) is 0 Å². The van der Waals surface area contributed by atoms with Gasteiger partial charge in [0, 0.05) is 11.6 Å². The Bertz CT molecular complexity index is 1000. The third-order valence-electron chi connectivity index (χ3n) is 3.79. The van der Waals surface area contributed by atoms with E-state index in [2.05, 4.69) is 10.1 Å². The molecule has 0 saturated heterocycles. The molecule has 1 heterocycles. The Kier molecular flexibility index (Phi) is 6.86. The molecule has 0 saturated carbocycles. The highest BCUT2D eigenvalue weighted by atomic mass is 35.5. The average molecular weight is 415 g/mol. The zero-order valence-corrected chi connectivity index (χ0v) is 16.7. The zero-order chi connectivity index (χ0) is 20.6. The lowest BCUT2D eigenvalue weighted by atomic mass is 10.2. The normalized spacial score (nSPS) is 10.9. The molecule has 0 aliphatic heterocycles. The molecule has 1 aromatic heterocycles. The molecule has 7 nitrogen and oxygen atoms in total. The Balaban J connectivity index is 1.60. The third kappa shape index (κ3) is 5.36. The Labute approximate surface area is 172 Å². The summed E-state index contributed by atoms with van der Waals surface area (Å²) in [5.74, 6) is 1.02. The van der Waals surface area contributed by atoms with Gasteiger partial charge in [-0.3, -0.25) is 0 Å². The smallest absolute Gasteiger partial charge is 0.331 e. The largest absolute Gasteiger partial charge is 0.493 e. The highest BCUT2D eigenvalue weighted by molar-refractivity contribution is 6.32. The van der Waals surface area contributed by atoms with Crippen LogP contribution in [0.2, 0.25) is 5.02 Å². The molecular formula is C21H19ClN2O5. The molecule has 0 aliphatic carbocycles. The third-order valence-corrected chi connectivity index (χ3v) is 4.07. The molecule has 29 heavy (non-hydrogen) atoms. The molecule has 0 aliphatic rings. The van der Waals surface area contributed by atoms with Crippen molar-refractivity contribution >= 4 is 23.6 Å². The quantitative estimate of drug-likeness (QED) is 0.394. The first kappa shape index (κ1) is 20.4. The fourth-order valence-electron chi connectivity index (χ4n) is 2.48. The topological polar surface area (TPSA) is 83.7 Å². The van der Waals surface area contributed by atoms with Crippen LogP contribution in [0, 0.1) is 0 Å². The minimum Gasteiger partial charge on any atom is -0.493 e. The molecule has 0 amide bonds. The summed E-state index contributed by atoms with van der Waals surface area (Å²) in [7, 11) is 1.52. The predicted molar refractivity (Wildman–Crippen MR) is 108 cm³/mol. The van der Waals surface area contributed by atoms with Gasteiger partial charge in [-0.15, -0.1) is 0 Å². The summed E-state index contributed by atoms with van der Waals surface area (Å²) in [5.41, 5.74) is 1.48. The molecule has 3 aromatic rings. The second kappa shape index (κ2) is 9.75. The highest BCUT2D eigenvalue weighted by Crippen LogP contribution is 2.36. The lowest BCUT2D eigenvalue weighted by molar-refractivity contribution is -0.139. The Morgan fingerprint density at radius 2 is 2.03 bits per heavy atom. The molecule has 0 bridgehead atoms. The van der Waals surface area contributed by atoms with Gasteiger partial charge in [0.2, 0.25) is 5.82 Å². The van der Waals surface area contributed by atoms with Crippen molar-refractivity contribution in [2.45, 2.75) is 13.5 Å². The maximum atomic E-state index is 12.0. The number of rotatable bonds is 8. The number of ether oxygens (including phenoxy) is 3. The van der Waals surface area contributed by atoms with Crippen molar-refractivity contribution in [3.05, 3.63) is 65.0 Å². The van der Waals surface area contributed by atoms with Crippen molar-refractivity contribution in [2.24, 2.45) is 0 Å². The van der Waals surface area contributed by atoms with E-state index in [0.717, 1.165) is 5.56 Å². The molecule has 8 heteroatoms. The number of methoxy groups -OCH3 is 1. The van der Waals surface area contributed by atoms with Crippen LogP contribution >= 0.6 is 11.6 Å². The van der Waals surface area contributed by atoms with E-state index in [9.17, 15) is 4.79 Å². The molecule has 2 aromatic carbocycles. The summed E-state index contributed by atoms with van der Waals surface area (Å²) >= 11 is 6.22. The van der Waals surface area contributed by atoms with E-state index in [1.54, 1.807) is 18.2 Å². The van der Waals surface area contributed by atoms with E-state index in [1.165, 1.54) is 13.2 Å². The van der Waals surface area contributed by atoms with Crippen molar-refractivity contribution in [1.82, 2.24) is 10.1 Å². The van der Waals surface area contributed by atoms with Crippen molar-refractivity contribution < 1.29 is 23.5 Å². The first-order valence-electron chi connectivity index (χ1n) is 8.84. The lowest BCUT2D eigenvalue weighted by Gasteiger charge is -2.11. The van der Waals surface area contributed by atoms with Crippen LogP contribution in [0.4, 0.5) is 0 Å². The van der Waals surface area contributed by atoms with Crippen molar-refractivity contribution in [2.75, 3.05) is 13.7 Å². The maximum absolute atomic E-state index is 12.0. The van der Waals surface area contributed by atoms with E-state index in [4.69, 9.17) is 30.3 Å². The van der Waals surface area contributed by atoms with Crippen molar-refractivity contribution in [1.29, 1.82) is 0 Å². The minimum absolute atomic E-state index is 0.129. The Hall–Kier alpha value is -3.32. The van der Waals surface area contributed by atoms with E-state index in [1.807, 2.05) is 37.3 Å². The Morgan fingerprint density at radius 3 is 2.76 bits per heavy atom. The second-order valence-corrected chi connectivity index (χ2v) is 6.19. The second-order valence-electron chi connectivity index (χ2n) is 5.79. The number of carbonyl (C=O) groups excluding carboxylic acids is 1. The summed E-state index contributed by atoms with van der Waals surface area (Å²) in [5, 5.41) is 4.26. The van der Waals surface area contributed by atoms with Gasteiger partial charge in [-0.1, -0.05) is 47.1 Å². The molecular weight excluding hydrogens is 396 g/mol. The van der Waals surface area contributed by atoms with Gasteiger partial charge in [-0.05, 0) is 30.7 Å². The lowest BCUT2D eigenvalue weighted by Crippen LogP contribution is -2.01. The average Bonchev–Trinajstić information content (AvgIpc) is 3.22. The number of esters is 1. The number of aromatic nitrogens is 2. The van der Waals surface area contributed by atoms with Gasteiger partial charge in [-0.25, -0.2) is 4.79 Å². The standard InChI is InChI=1S/C21H19ClN2O5/c1-3-27-20-16(22)11-14(12-17(20)26-2)9-10-19(25)28-13-18-23-21(24-29-18)15-7-5-4-6-8-15/h4-12H,3,13H2,1-2H3/b10-9+. The monoisotopic (exact) mass is 414 g/mol. The van der Waals surface area contributed by atoms with Gasteiger partial charge in [0.05, 0.1) is 18.7 Å². The number of nitrogens with zero attached hydrogens (tertiary/aromatic N) is 2. The molecule has 0 N–H and O–H groups in total. The minimum atomic E-state index is -0.562. The summed E-state index contributed by atoms with van der Waals surface area (Å²) in [6, 6.07) is 12.7. The number of hydrogen-bond acceptors (Lipinski definition) is 7. The molecule has 0 fully saturated rings. The zero-order valence-electron chi connectivity index (χ0n) is 15.9. The fourth-order valence-corrected chi connectivity index (χ4v) is 2.76. The molecule has 150 valence electrons. The summed E-state index contributed by atoms with van der Waals surface area (Å²) in [6.07, 6.45) is 2.84. The predicted octanol–water partition coefficient (Wildman–Crippen LogP) is 4.55. The summed E-state index contributed by atoms with van der Waals surface area (Å²) in [6.45, 7) is 2.18. The molecule has 0 radical (unpaired) electrons. The SMILES string of the molecule is CCOc1c(Cl)cc(/C=C/C(=O)OCc2nc(-c3ccccc3)no2)cc1OC. The molecule has 0 spiro atoms. The van der Waals surface area contributed by atoms with Crippen LogP contribution in [0.15, 0.2) is 53.1 Å². The van der Waals surface area contributed by atoms with E-state index >= 15 is 0 Å². The van der Waals surface area contributed by atoms with Crippen LogP contribution in [0.3, 0.4) is 0 Å². The van der Waals surface area contributed by atoms with Gasteiger partial charge < -0.3 is 18.7 Å². The number of benzene rings is 2. The molecule has 3 rings (SSSR count). The van der Waals surface area contributed by atoms with Gasteiger partial charge in [-0.2, -0.15) is 4.98 Å². The van der Waals surface area contributed by atoms with Crippen LogP contribution in [0.25, 0.3) is 17.5 Å². The number of carbonyl (C=O) groups is 1. The first-order chi connectivity index (χ1) is 14.1. The van der Waals surface area contributed by atoms with E-state index in [-0.39, 0.29) is 12.5 Å². The Morgan fingerprint density at radius 1 is 1.24 bits per heavy atom. The maximum Gasteiger partial charge on any atom is 0.331 e. The molecule has 0 atom stereocenters. The van der Waals surface area contributed by atoms with Gasteiger partial charge in [0.25, 0.3) is 5.89 Å². The summed E-state index contributed by atoms with van der Waals surface area (Å²) in [4.78, 5) is 16.2. The van der Waals surface area contributed by atoms with Crippen LogP contribution in [-0.2, 0) is 16.1 Å². The van der Waals surface area contributed by atoms with Crippen LogP contribution in [0.5, 0.6) is 11.5 Å². The first-order valence-corrected chi connectivity index (χ1v) is 9.21. The number of hydrogen-bond donors (Lipinski definition) is 0. The summed E-state index contributed by atoms with van der Waals surface area (Å²) < 4.78 is 21.0. The van der Waals surface area contributed by atoms with Crippen LogP contribution in [0.1, 0.15) is 18.4 Å².